The Morgan fingerprint density at radius 2 is 1.90 bits per heavy atom. The average Bonchev–Trinajstić information content (AvgIpc) is 3.54. The van der Waals surface area contributed by atoms with Crippen LogP contribution in [0.1, 0.15) is 40.9 Å². The number of likely N-dealkylation sites (N-methyl/N-ethyl adjacent to an activating group) is 1. The minimum Gasteiger partial charge on any atom is -0.344 e. The molecule has 4 rings (SSSR count). The molecule has 0 bridgehead atoms. The summed E-state index contributed by atoms with van der Waals surface area (Å²) >= 11 is 0. The molecule has 0 atom stereocenters. The predicted molar refractivity (Wildman–Crippen MR) is 111 cm³/mol. The Bertz CT molecular complexity index is 1010. The molecule has 3 aromatic rings. The number of aromatic nitrogens is 4. The lowest BCUT2D eigenvalue weighted by Crippen LogP contribution is -2.39. The van der Waals surface area contributed by atoms with Crippen LogP contribution < -0.4 is 5.32 Å². The monoisotopic (exact) mass is 404 g/mol. The Kier molecular flexibility index (Phi) is 5.83. The number of hydrogen-bond donors (Lipinski definition) is 1. The van der Waals surface area contributed by atoms with E-state index in [4.69, 9.17) is 0 Å². The number of nitrogens with one attached hydrogen (secondary N) is 1. The van der Waals surface area contributed by atoms with Gasteiger partial charge in [0, 0.05) is 37.8 Å². The van der Waals surface area contributed by atoms with Crippen molar-refractivity contribution in [1.82, 2.24) is 30.0 Å². The Morgan fingerprint density at radius 3 is 2.60 bits per heavy atom. The van der Waals surface area contributed by atoms with Gasteiger partial charge >= 0.3 is 0 Å². The number of pyridine rings is 1. The molecular weight excluding hydrogens is 380 g/mol. The number of hydrogen-bond acceptors (Lipinski definition) is 5. The van der Waals surface area contributed by atoms with Crippen LogP contribution in [0.2, 0.25) is 0 Å². The molecular formula is C22H24N6O2. The van der Waals surface area contributed by atoms with E-state index in [-0.39, 0.29) is 18.3 Å². The Hall–Kier alpha value is -3.55. The van der Waals surface area contributed by atoms with Gasteiger partial charge in [0.15, 0.2) is 0 Å². The summed E-state index contributed by atoms with van der Waals surface area (Å²) in [5.41, 5.74) is 1.79. The van der Waals surface area contributed by atoms with Crippen molar-refractivity contribution in [3.8, 4) is 5.69 Å². The maximum absolute atomic E-state index is 12.6. The van der Waals surface area contributed by atoms with Crippen LogP contribution in [0.4, 0.5) is 0 Å². The van der Waals surface area contributed by atoms with Crippen molar-refractivity contribution in [3.05, 3.63) is 72.1 Å². The number of benzene rings is 1. The zero-order chi connectivity index (χ0) is 20.9. The third-order valence-corrected chi connectivity index (χ3v) is 5.03. The number of carbonyl (C=O) groups excluding carboxylic acids is 2. The van der Waals surface area contributed by atoms with E-state index < -0.39 is 5.91 Å². The first-order valence-corrected chi connectivity index (χ1v) is 10.1. The number of nitrogens with zero attached hydrogens (tertiary/aromatic N) is 5. The van der Waals surface area contributed by atoms with Crippen molar-refractivity contribution in [1.29, 1.82) is 0 Å². The molecule has 0 spiro atoms. The van der Waals surface area contributed by atoms with Gasteiger partial charge in [0.2, 0.25) is 11.7 Å². The molecule has 1 N–H and O–H groups in total. The highest BCUT2D eigenvalue weighted by molar-refractivity contribution is 5.93. The SMILES string of the molecule is CN(CCc1ccccn1)C(=O)CNC(=O)c1nc(C2CC2)n(-c2ccccc2)n1. The number of amides is 2. The van der Waals surface area contributed by atoms with Crippen LogP contribution in [0, 0.1) is 0 Å². The standard InChI is InChI=1S/C22H24N6O2/c1-27(14-12-17-7-5-6-13-23-17)19(29)15-24-22(30)20-25-21(16-10-11-16)28(26-20)18-8-3-2-4-9-18/h2-9,13,16H,10-12,14-15H2,1H3,(H,24,30). The minimum atomic E-state index is -0.446. The Morgan fingerprint density at radius 1 is 1.13 bits per heavy atom. The van der Waals surface area contributed by atoms with Gasteiger partial charge < -0.3 is 10.2 Å². The molecule has 2 aromatic heterocycles. The van der Waals surface area contributed by atoms with Crippen LogP contribution in [-0.4, -0.2) is 56.6 Å². The fourth-order valence-electron chi connectivity index (χ4n) is 3.11. The van der Waals surface area contributed by atoms with Crippen molar-refractivity contribution >= 4 is 11.8 Å². The second kappa shape index (κ2) is 8.86. The summed E-state index contributed by atoms with van der Waals surface area (Å²) in [6.45, 7) is 0.425. The van der Waals surface area contributed by atoms with Crippen molar-refractivity contribution in [2.75, 3.05) is 20.1 Å². The Balaban J connectivity index is 1.35. The molecule has 154 valence electrons. The van der Waals surface area contributed by atoms with Gasteiger partial charge in [-0.3, -0.25) is 14.6 Å². The summed E-state index contributed by atoms with van der Waals surface area (Å²) in [4.78, 5) is 35.2. The molecule has 0 unspecified atom stereocenters. The highest BCUT2D eigenvalue weighted by Gasteiger charge is 2.31. The van der Waals surface area contributed by atoms with E-state index in [9.17, 15) is 9.59 Å². The van der Waals surface area contributed by atoms with Crippen LogP contribution in [0.25, 0.3) is 5.69 Å². The van der Waals surface area contributed by atoms with Gasteiger partial charge in [-0.2, -0.15) is 0 Å². The third kappa shape index (κ3) is 4.71. The normalized spacial score (nSPS) is 13.1. The molecule has 2 amide bonds. The van der Waals surface area contributed by atoms with Crippen LogP contribution in [-0.2, 0) is 11.2 Å². The summed E-state index contributed by atoms with van der Waals surface area (Å²) in [5.74, 6) is 0.593. The second-order valence-electron chi connectivity index (χ2n) is 7.38. The summed E-state index contributed by atoms with van der Waals surface area (Å²) < 4.78 is 1.73. The topological polar surface area (TPSA) is 93.0 Å². The maximum atomic E-state index is 12.6. The van der Waals surface area contributed by atoms with Crippen molar-refractivity contribution in [3.63, 3.8) is 0 Å². The van der Waals surface area contributed by atoms with Gasteiger partial charge in [-0.05, 0) is 37.1 Å². The number of carbonyl (C=O) groups is 2. The molecule has 0 radical (unpaired) electrons. The number of para-hydroxylation sites is 1. The van der Waals surface area contributed by atoms with Crippen molar-refractivity contribution < 1.29 is 9.59 Å². The fourth-order valence-corrected chi connectivity index (χ4v) is 3.11. The van der Waals surface area contributed by atoms with E-state index in [1.165, 1.54) is 0 Å². The van der Waals surface area contributed by atoms with E-state index in [1.54, 1.807) is 22.8 Å². The Labute approximate surface area is 175 Å². The molecule has 30 heavy (non-hydrogen) atoms. The fraction of sp³-hybridized carbons (Fsp3) is 0.318. The maximum Gasteiger partial charge on any atom is 0.291 e. The van der Waals surface area contributed by atoms with E-state index in [0.717, 1.165) is 30.0 Å². The average molecular weight is 404 g/mol. The van der Waals surface area contributed by atoms with Gasteiger partial charge in [-0.15, -0.1) is 5.10 Å². The lowest BCUT2D eigenvalue weighted by molar-refractivity contribution is -0.128. The largest absolute Gasteiger partial charge is 0.344 e. The molecule has 1 aromatic carbocycles. The van der Waals surface area contributed by atoms with E-state index in [1.807, 2.05) is 48.5 Å². The quantitative estimate of drug-likeness (QED) is 0.620. The highest BCUT2D eigenvalue weighted by atomic mass is 16.2. The molecule has 0 saturated heterocycles. The second-order valence-corrected chi connectivity index (χ2v) is 7.38. The van der Waals surface area contributed by atoms with Crippen molar-refractivity contribution in [2.24, 2.45) is 0 Å². The smallest absolute Gasteiger partial charge is 0.291 e. The zero-order valence-corrected chi connectivity index (χ0v) is 16.9. The summed E-state index contributed by atoms with van der Waals surface area (Å²) in [7, 11) is 1.71. The summed E-state index contributed by atoms with van der Waals surface area (Å²) in [6, 6.07) is 15.3. The predicted octanol–water partition coefficient (Wildman–Crippen LogP) is 1.97. The van der Waals surface area contributed by atoms with E-state index in [2.05, 4.69) is 20.4 Å². The molecule has 1 aliphatic rings. The summed E-state index contributed by atoms with van der Waals surface area (Å²) in [5, 5.41) is 7.05. The molecule has 8 nitrogen and oxygen atoms in total. The molecule has 0 aliphatic heterocycles. The lowest BCUT2D eigenvalue weighted by Gasteiger charge is -2.16. The highest BCUT2D eigenvalue weighted by Crippen LogP contribution is 2.39. The van der Waals surface area contributed by atoms with Gasteiger partial charge in [0.1, 0.15) is 5.82 Å². The lowest BCUT2D eigenvalue weighted by atomic mass is 10.2. The zero-order valence-electron chi connectivity index (χ0n) is 16.9. The van der Waals surface area contributed by atoms with Crippen LogP contribution in [0.3, 0.4) is 0 Å². The van der Waals surface area contributed by atoms with E-state index in [0.29, 0.717) is 18.9 Å². The molecule has 8 heteroatoms. The van der Waals surface area contributed by atoms with Crippen molar-refractivity contribution in [2.45, 2.75) is 25.2 Å². The van der Waals surface area contributed by atoms with Gasteiger partial charge in [-0.25, -0.2) is 9.67 Å². The molecule has 1 aliphatic carbocycles. The van der Waals surface area contributed by atoms with Gasteiger partial charge in [0.05, 0.1) is 12.2 Å². The molecule has 1 fully saturated rings. The first kappa shape index (κ1) is 19.8. The van der Waals surface area contributed by atoms with Crippen LogP contribution in [0.5, 0.6) is 0 Å². The minimum absolute atomic E-state index is 0.0877. The first-order valence-electron chi connectivity index (χ1n) is 10.1. The van der Waals surface area contributed by atoms with E-state index >= 15 is 0 Å². The molecule has 1 saturated carbocycles. The van der Waals surface area contributed by atoms with Gasteiger partial charge in [-0.1, -0.05) is 24.3 Å². The van der Waals surface area contributed by atoms with Crippen LogP contribution in [0.15, 0.2) is 54.7 Å². The molecule has 2 heterocycles. The van der Waals surface area contributed by atoms with Crippen LogP contribution >= 0.6 is 0 Å². The number of rotatable bonds is 8. The van der Waals surface area contributed by atoms with Gasteiger partial charge in [0.25, 0.3) is 5.91 Å². The third-order valence-electron chi connectivity index (χ3n) is 5.03. The first-order chi connectivity index (χ1) is 14.6. The summed E-state index contributed by atoms with van der Waals surface area (Å²) in [6.07, 6.45) is 4.48.